The zero-order chi connectivity index (χ0) is 17.4. The Balaban J connectivity index is 1.99. The van der Waals surface area contributed by atoms with Crippen molar-refractivity contribution in [1.29, 1.82) is 5.41 Å². The molecule has 0 unspecified atom stereocenters. The first-order valence-electron chi connectivity index (χ1n) is 8.02. The third kappa shape index (κ3) is 4.96. The molecule has 1 fully saturated rings. The van der Waals surface area contributed by atoms with Gasteiger partial charge in [0.15, 0.2) is 0 Å². The molecule has 6 nitrogen and oxygen atoms in total. The van der Waals surface area contributed by atoms with Gasteiger partial charge in [-0.2, -0.15) is 0 Å². The van der Waals surface area contributed by atoms with Crippen LogP contribution in [0.2, 0.25) is 0 Å². The molecule has 0 radical (unpaired) electrons. The van der Waals surface area contributed by atoms with Gasteiger partial charge in [-0.25, -0.2) is 0 Å². The van der Waals surface area contributed by atoms with E-state index in [-0.39, 0.29) is 12.1 Å². The van der Waals surface area contributed by atoms with Crippen LogP contribution in [-0.2, 0) is 11.3 Å². The normalized spacial score (nSPS) is 22.6. The fourth-order valence-electron chi connectivity index (χ4n) is 2.73. The van der Waals surface area contributed by atoms with Gasteiger partial charge in [0.2, 0.25) is 0 Å². The van der Waals surface area contributed by atoms with Crippen LogP contribution in [0.3, 0.4) is 0 Å². The van der Waals surface area contributed by atoms with Gasteiger partial charge < -0.3 is 27.3 Å². The molecule has 6 heteroatoms. The highest BCUT2D eigenvalue weighted by Crippen LogP contribution is 2.26. The second-order valence-electron chi connectivity index (χ2n) is 5.75. The number of hydrogen-bond acceptors (Lipinski definition) is 5. The molecule has 1 aromatic rings. The van der Waals surface area contributed by atoms with Crippen molar-refractivity contribution in [2.45, 2.75) is 38.0 Å². The molecule has 1 aliphatic carbocycles. The summed E-state index contributed by atoms with van der Waals surface area (Å²) < 4.78 is 6.02. The molecular formula is C18H25N5O. The van der Waals surface area contributed by atoms with Crippen LogP contribution in [-0.4, -0.2) is 24.2 Å². The summed E-state index contributed by atoms with van der Waals surface area (Å²) in [6.07, 6.45) is 6.93. The van der Waals surface area contributed by atoms with Crippen molar-refractivity contribution in [3.05, 3.63) is 59.4 Å². The molecule has 0 aliphatic heterocycles. The van der Waals surface area contributed by atoms with Crippen LogP contribution >= 0.6 is 0 Å². The monoisotopic (exact) mass is 327 g/mol. The lowest BCUT2D eigenvalue weighted by molar-refractivity contribution is 0.0362. The van der Waals surface area contributed by atoms with Crippen molar-refractivity contribution in [1.82, 2.24) is 0 Å². The van der Waals surface area contributed by atoms with Crippen LogP contribution in [0.1, 0.15) is 24.8 Å². The molecule has 2 rings (SSSR count). The molecule has 0 amide bonds. The van der Waals surface area contributed by atoms with E-state index in [4.69, 9.17) is 27.3 Å². The Bertz CT molecular complexity index is 636. The van der Waals surface area contributed by atoms with Crippen LogP contribution in [0.4, 0.5) is 0 Å². The second kappa shape index (κ2) is 8.88. The van der Waals surface area contributed by atoms with Gasteiger partial charge in [0, 0.05) is 29.8 Å². The van der Waals surface area contributed by atoms with E-state index >= 15 is 0 Å². The fourth-order valence-corrected chi connectivity index (χ4v) is 2.73. The number of rotatable bonds is 7. The van der Waals surface area contributed by atoms with Gasteiger partial charge in [-0.1, -0.05) is 30.3 Å². The molecule has 2 atom stereocenters. The smallest absolute Gasteiger partial charge is 0.120 e. The Hall–Kier alpha value is -2.60. The van der Waals surface area contributed by atoms with Crippen LogP contribution < -0.4 is 17.2 Å². The second-order valence-corrected chi connectivity index (χ2v) is 5.75. The van der Waals surface area contributed by atoms with Crippen LogP contribution in [0.5, 0.6) is 0 Å². The van der Waals surface area contributed by atoms with E-state index in [1.54, 1.807) is 0 Å². The fraction of sp³-hybridized carbons (Fsp3) is 0.333. The van der Waals surface area contributed by atoms with Crippen molar-refractivity contribution in [3.63, 3.8) is 0 Å². The number of allylic oxidation sites excluding steroid dienone is 1. The molecule has 0 bridgehead atoms. The SMILES string of the molecule is N=CC(=CN)C(N)=CC(N)=N[C@@H]1CCC[C@H]1OCc1ccccc1. The number of amidine groups is 1. The van der Waals surface area contributed by atoms with Gasteiger partial charge in [-0.15, -0.1) is 0 Å². The number of nitrogens with two attached hydrogens (primary N) is 3. The lowest BCUT2D eigenvalue weighted by atomic mass is 10.2. The summed E-state index contributed by atoms with van der Waals surface area (Å²) in [4.78, 5) is 4.53. The number of ether oxygens (including phenoxy) is 1. The minimum Gasteiger partial charge on any atom is -0.404 e. The molecular weight excluding hydrogens is 302 g/mol. The first-order valence-corrected chi connectivity index (χ1v) is 8.02. The van der Waals surface area contributed by atoms with E-state index in [1.165, 1.54) is 12.3 Å². The standard InChI is InChI=1S/C18H25N5O/c19-10-14(11-20)15(21)9-18(22)23-16-7-4-8-17(16)24-12-13-5-2-1-3-6-13/h1-3,5-6,9-11,16-17,19H,4,7-8,12,20-21H2,(H2,22,23)/t16-,17-/m1/s1. The van der Waals surface area contributed by atoms with Crippen LogP contribution in [0.15, 0.2) is 58.9 Å². The van der Waals surface area contributed by atoms with Crippen molar-refractivity contribution < 1.29 is 4.74 Å². The summed E-state index contributed by atoms with van der Waals surface area (Å²) in [5, 5.41) is 7.23. The molecule has 0 saturated heterocycles. The van der Waals surface area contributed by atoms with E-state index in [9.17, 15) is 0 Å². The third-order valence-corrected chi connectivity index (χ3v) is 4.01. The molecule has 24 heavy (non-hydrogen) atoms. The Labute approximate surface area is 142 Å². The van der Waals surface area contributed by atoms with Crippen molar-refractivity contribution in [2.75, 3.05) is 0 Å². The predicted molar refractivity (Wildman–Crippen MR) is 97.6 cm³/mol. The molecule has 1 aromatic carbocycles. The van der Waals surface area contributed by atoms with E-state index in [1.807, 2.05) is 30.3 Å². The van der Waals surface area contributed by atoms with Crippen molar-refractivity contribution >= 4 is 12.1 Å². The van der Waals surface area contributed by atoms with Crippen molar-refractivity contribution in [3.8, 4) is 0 Å². The summed E-state index contributed by atoms with van der Waals surface area (Å²) in [7, 11) is 0. The Morgan fingerprint density at radius 3 is 2.67 bits per heavy atom. The zero-order valence-electron chi connectivity index (χ0n) is 13.7. The quantitative estimate of drug-likeness (QED) is 0.346. The molecule has 0 aromatic heterocycles. The number of aliphatic imine (C=N–C) groups is 1. The van der Waals surface area contributed by atoms with Crippen LogP contribution in [0, 0.1) is 5.41 Å². The Kier molecular flexibility index (Phi) is 6.57. The Morgan fingerprint density at radius 1 is 1.25 bits per heavy atom. The van der Waals surface area contributed by atoms with E-state index < -0.39 is 0 Å². The molecule has 0 heterocycles. The molecule has 0 spiro atoms. The molecule has 1 aliphatic rings. The minimum atomic E-state index is 0.0306. The summed E-state index contributed by atoms with van der Waals surface area (Å²) in [6, 6.07) is 10.1. The lowest BCUT2D eigenvalue weighted by Gasteiger charge is -2.17. The Morgan fingerprint density at radius 2 is 2.00 bits per heavy atom. The van der Waals surface area contributed by atoms with Gasteiger partial charge in [0.25, 0.3) is 0 Å². The lowest BCUT2D eigenvalue weighted by Crippen LogP contribution is -2.25. The highest BCUT2D eigenvalue weighted by atomic mass is 16.5. The number of benzene rings is 1. The van der Waals surface area contributed by atoms with E-state index in [0.29, 0.717) is 23.7 Å². The van der Waals surface area contributed by atoms with Crippen LogP contribution in [0.25, 0.3) is 0 Å². The van der Waals surface area contributed by atoms with Gasteiger partial charge >= 0.3 is 0 Å². The number of hydrogen-bond donors (Lipinski definition) is 4. The average molecular weight is 327 g/mol. The highest BCUT2D eigenvalue weighted by Gasteiger charge is 2.27. The number of nitrogens with zero attached hydrogens (tertiary/aromatic N) is 1. The largest absolute Gasteiger partial charge is 0.404 e. The topological polar surface area (TPSA) is 124 Å². The summed E-state index contributed by atoms with van der Waals surface area (Å²) in [5.74, 6) is 0.328. The summed E-state index contributed by atoms with van der Waals surface area (Å²) >= 11 is 0. The molecule has 1 saturated carbocycles. The first kappa shape index (κ1) is 17.7. The highest BCUT2D eigenvalue weighted by molar-refractivity contribution is 5.95. The van der Waals surface area contributed by atoms with Gasteiger partial charge in [0.1, 0.15) is 5.84 Å². The summed E-state index contributed by atoms with van der Waals surface area (Å²) in [6.45, 7) is 0.573. The third-order valence-electron chi connectivity index (χ3n) is 4.01. The zero-order valence-corrected chi connectivity index (χ0v) is 13.7. The van der Waals surface area contributed by atoms with Gasteiger partial charge in [-0.3, -0.25) is 4.99 Å². The van der Waals surface area contributed by atoms with E-state index in [0.717, 1.165) is 31.0 Å². The molecule has 7 N–H and O–H groups in total. The molecule has 128 valence electrons. The minimum absolute atomic E-state index is 0.0306. The predicted octanol–water partition coefficient (Wildman–Crippen LogP) is 1.82. The van der Waals surface area contributed by atoms with Crippen molar-refractivity contribution in [2.24, 2.45) is 22.2 Å². The van der Waals surface area contributed by atoms with E-state index in [2.05, 4.69) is 4.99 Å². The summed E-state index contributed by atoms with van der Waals surface area (Å²) in [5.41, 5.74) is 19.1. The average Bonchev–Trinajstić information content (AvgIpc) is 3.02. The maximum absolute atomic E-state index is 7.23. The van der Waals surface area contributed by atoms with Gasteiger partial charge in [-0.05, 0) is 24.8 Å². The number of nitrogens with one attached hydrogen (secondary N) is 1. The maximum atomic E-state index is 7.23. The maximum Gasteiger partial charge on any atom is 0.120 e. The first-order chi connectivity index (χ1) is 11.6. The van der Waals surface area contributed by atoms with Gasteiger partial charge in [0.05, 0.1) is 18.8 Å².